The minimum atomic E-state index is 0. The number of rotatable bonds is 3. The largest absolute Gasteiger partial charge is 0.0991 e. The van der Waals surface area contributed by atoms with Crippen molar-refractivity contribution in [2.45, 2.75) is 62.3 Å². The van der Waals surface area contributed by atoms with Gasteiger partial charge in [-0.3, -0.25) is 0 Å². The molecule has 0 atom stereocenters. The van der Waals surface area contributed by atoms with Crippen molar-refractivity contribution >= 4 is 0 Å². The van der Waals surface area contributed by atoms with E-state index >= 15 is 0 Å². The summed E-state index contributed by atoms with van der Waals surface area (Å²) in [5.74, 6) is 0. The first-order valence-corrected chi connectivity index (χ1v) is 8.42. The van der Waals surface area contributed by atoms with Crippen molar-refractivity contribution in [2.75, 3.05) is 0 Å². The average Bonchev–Trinajstić information content (AvgIpc) is 2.57. The van der Waals surface area contributed by atoms with Crippen molar-refractivity contribution < 1.29 is 0 Å². The molecule has 0 radical (unpaired) electrons. The molecular formula is C25H40. The van der Waals surface area contributed by atoms with Crippen LogP contribution in [0.1, 0.15) is 57.9 Å². The lowest BCUT2D eigenvalue weighted by Crippen LogP contribution is -1.82. The lowest BCUT2D eigenvalue weighted by atomic mass is 10.1. The average molecular weight is 341 g/mol. The van der Waals surface area contributed by atoms with Crippen LogP contribution in [0.15, 0.2) is 73.3 Å². The Kier molecular flexibility index (Phi) is 20.3. The highest BCUT2D eigenvalue weighted by Crippen LogP contribution is 2.06. The third-order valence-electron chi connectivity index (χ3n) is 3.46. The Balaban J connectivity index is -0.000000291. The third kappa shape index (κ3) is 14.0. The van der Waals surface area contributed by atoms with Crippen molar-refractivity contribution in [3.8, 4) is 0 Å². The molecule has 0 aliphatic carbocycles. The number of aryl methyl sites for hydroxylation is 4. The van der Waals surface area contributed by atoms with E-state index in [9.17, 15) is 0 Å². The molecule has 0 N–H and O–H groups in total. The summed E-state index contributed by atoms with van der Waals surface area (Å²) in [7, 11) is 0. The summed E-state index contributed by atoms with van der Waals surface area (Å²) in [6, 6.07) is 17.1. The summed E-state index contributed by atoms with van der Waals surface area (Å²) in [5.41, 5.74) is 5.64. The molecule has 0 aliphatic rings. The summed E-state index contributed by atoms with van der Waals surface area (Å²) < 4.78 is 0. The fourth-order valence-corrected chi connectivity index (χ4v) is 2.07. The van der Waals surface area contributed by atoms with Crippen LogP contribution in [0.2, 0.25) is 0 Å². The van der Waals surface area contributed by atoms with Crippen LogP contribution in [0.5, 0.6) is 0 Å². The predicted octanol–water partition coefficient (Wildman–Crippen LogP) is 8.14. The van der Waals surface area contributed by atoms with E-state index in [0.717, 1.165) is 12.8 Å². The van der Waals surface area contributed by atoms with Crippen LogP contribution >= 0.6 is 0 Å². The maximum atomic E-state index is 3.46. The Morgan fingerprint density at radius 3 is 1.84 bits per heavy atom. The van der Waals surface area contributed by atoms with Crippen LogP contribution in [0.25, 0.3) is 0 Å². The SMILES string of the molecule is C.C.C=C/C=C\C.CCc1cccc(C)c1.CCc1ccccc1C. The second kappa shape index (κ2) is 18.3. The van der Waals surface area contributed by atoms with Gasteiger partial charge in [0.1, 0.15) is 0 Å². The Morgan fingerprint density at radius 2 is 1.52 bits per heavy atom. The van der Waals surface area contributed by atoms with Gasteiger partial charge in [0.2, 0.25) is 0 Å². The molecule has 0 unspecified atom stereocenters. The molecule has 0 aromatic heterocycles. The fraction of sp³-hybridized carbons (Fsp3) is 0.360. The van der Waals surface area contributed by atoms with Crippen LogP contribution in [0, 0.1) is 13.8 Å². The maximum absolute atomic E-state index is 3.46. The van der Waals surface area contributed by atoms with Crippen molar-refractivity contribution in [1.82, 2.24) is 0 Å². The molecule has 0 fully saturated rings. The van der Waals surface area contributed by atoms with E-state index in [2.05, 4.69) is 82.8 Å². The molecule has 2 aromatic carbocycles. The summed E-state index contributed by atoms with van der Waals surface area (Å²) in [4.78, 5) is 0. The first-order valence-electron chi connectivity index (χ1n) is 8.42. The number of allylic oxidation sites excluding steroid dienone is 3. The van der Waals surface area contributed by atoms with Crippen molar-refractivity contribution in [3.63, 3.8) is 0 Å². The third-order valence-corrected chi connectivity index (χ3v) is 3.46. The number of hydrogen-bond donors (Lipinski definition) is 0. The molecule has 2 rings (SSSR count). The highest BCUT2D eigenvalue weighted by molar-refractivity contribution is 5.25. The van der Waals surface area contributed by atoms with Gasteiger partial charge in [0.25, 0.3) is 0 Å². The van der Waals surface area contributed by atoms with Crippen molar-refractivity contribution in [3.05, 3.63) is 95.6 Å². The maximum Gasteiger partial charge on any atom is -0.0305 e. The normalized spacial score (nSPS) is 8.68. The van der Waals surface area contributed by atoms with Crippen LogP contribution in [0.3, 0.4) is 0 Å². The van der Waals surface area contributed by atoms with Crippen LogP contribution < -0.4 is 0 Å². The molecule has 0 saturated carbocycles. The second-order valence-electron chi connectivity index (χ2n) is 5.38. The number of benzene rings is 2. The Hall–Kier alpha value is -2.08. The number of hydrogen-bond acceptors (Lipinski definition) is 0. The summed E-state index contributed by atoms with van der Waals surface area (Å²) in [6.07, 6.45) is 7.86. The first kappa shape index (κ1) is 27.8. The quantitative estimate of drug-likeness (QED) is 0.495. The lowest BCUT2D eigenvalue weighted by molar-refractivity contribution is 1.11. The summed E-state index contributed by atoms with van der Waals surface area (Å²) >= 11 is 0. The standard InChI is InChI=1S/2C9H12.C5H8.2CH4/c1-3-9-6-4-5-8(2)7-9;1-3-9-7-5-4-6-8(9)2;1-3-5-4-2;;/h2*4-7H,3H2,1-2H3;3-5H,1H2,2H3;2*1H4/b;;5-4-;;. The van der Waals surface area contributed by atoms with Gasteiger partial charge in [-0.1, -0.05) is 108 Å². The van der Waals surface area contributed by atoms with Gasteiger partial charge >= 0.3 is 0 Å². The van der Waals surface area contributed by atoms with Gasteiger partial charge in [0, 0.05) is 0 Å². The smallest absolute Gasteiger partial charge is 0.0305 e. The molecule has 0 heteroatoms. The van der Waals surface area contributed by atoms with E-state index in [1.165, 1.54) is 22.3 Å². The minimum absolute atomic E-state index is 0. The topological polar surface area (TPSA) is 0 Å². The molecule has 0 aliphatic heterocycles. The zero-order chi connectivity index (χ0) is 17.5. The molecule has 2 aromatic rings. The second-order valence-corrected chi connectivity index (χ2v) is 5.38. The van der Waals surface area contributed by atoms with Crippen LogP contribution in [-0.2, 0) is 12.8 Å². The zero-order valence-corrected chi connectivity index (χ0v) is 15.5. The molecule has 0 heterocycles. The van der Waals surface area contributed by atoms with E-state index in [-0.39, 0.29) is 14.9 Å². The molecule has 140 valence electrons. The van der Waals surface area contributed by atoms with Gasteiger partial charge in [-0.05, 0) is 50.3 Å². The van der Waals surface area contributed by atoms with Crippen molar-refractivity contribution in [1.29, 1.82) is 0 Å². The Bertz CT molecular complexity index is 576. The minimum Gasteiger partial charge on any atom is -0.0991 e. The molecular weight excluding hydrogens is 300 g/mol. The Morgan fingerprint density at radius 1 is 0.880 bits per heavy atom. The van der Waals surface area contributed by atoms with Gasteiger partial charge in [0.15, 0.2) is 0 Å². The van der Waals surface area contributed by atoms with E-state index in [1.54, 1.807) is 6.08 Å². The first-order chi connectivity index (χ1) is 11.1. The van der Waals surface area contributed by atoms with Gasteiger partial charge in [-0.2, -0.15) is 0 Å². The summed E-state index contributed by atoms with van der Waals surface area (Å²) in [6.45, 7) is 14.1. The van der Waals surface area contributed by atoms with E-state index in [4.69, 9.17) is 0 Å². The van der Waals surface area contributed by atoms with Crippen molar-refractivity contribution in [2.24, 2.45) is 0 Å². The van der Waals surface area contributed by atoms with E-state index in [1.807, 2.05) is 19.1 Å². The molecule has 0 amide bonds. The summed E-state index contributed by atoms with van der Waals surface area (Å²) in [5, 5.41) is 0. The zero-order valence-electron chi connectivity index (χ0n) is 15.5. The highest BCUT2D eigenvalue weighted by Gasteiger charge is 1.89. The van der Waals surface area contributed by atoms with Gasteiger partial charge in [-0.25, -0.2) is 0 Å². The predicted molar refractivity (Wildman–Crippen MR) is 120 cm³/mol. The molecule has 0 saturated heterocycles. The molecule has 0 bridgehead atoms. The van der Waals surface area contributed by atoms with Gasteiger partial charge in [0.05, 0.1) is 0 Å². The molecule has 0 spiro atoms. The van der Waals surface area contributed by atoms with Gasteiger partial charge in [-0.15, -0.1) is 0 Å². The lowest BCUT2D eigenvalue weighted by Gasteiger charge is -1.98. The Labute approximate surface area is 158 Å². The van der Waals surface area contributed by atoms with Gasteiger partial charge < -0.3 is 0 Å². The highest BCUT2D eigenvalue weighted by atomic mass is 14.0. The molecule has 25 heavy (non-hydrogen) atoms. The monoisotopic (exact) mass is 340 g/mol. The van der Waals surface area contributed by atoms with E-state index < -0.39 is 0 Å². The fourth-order valence-electron chi connectivity index (χ4n) is 2.07. The van der Waals surface area contributed by atoms with Crippen LogP contribution in [-0.4, -0.2) is 0 Å². The van der Waals surface area contributed by atoms with Crippen LogP contribution in [0.4, 0.5) is 0 Å². The van der Waals surface area contributed by atoms with E-state index in [0.29, 0.717) is 0 Å². The molecule has 0 nitrogen and oxygen atoms in total.